The first-order chi connectivity index (χ1) is 16.5. The van der Waals surface area contributed by atoms with Gasteiger partial charge in [0.15, 0.2) is 0 Å². The number of fused-ring (bicyclic) bond motifs is 3. The Morgan fingerprint density at radius 3 is 2.85 bits per heavy atom. The highest BCUT2D eigenvalue weighted by molar-refractivity contribution is 6.06. The molecule has 6 nitrogen and oxygen atoms in total. The molecule has 0 amide bonds. The molecule has 3 atom stereocenters. The Balaban J connectivity index is 1.53. The van der Waals surface area contributed by atoms with E-state index < -0.39 is 6.61 Å². The summed E-state index contributed by atoms with van der Waals surface area (Å²) in [6, 6.07) is 7.65. The average Bonchev–Trinajstić information content (AvgIpc) is 2.82. The molecule has 5 rings (SSSR count). The first kappa shape index (κ1) is 22.7. The molecule has 1 fully saturated rings. The minimum absolute atomic E-state index is 0.0712. The lowest BCUT2D eigenvalue weighted by Crippen LogP contribution is -2.32. The lowest BCUT2D eigenvalue weighted by Gasteiger charge is -2.28. The summed E-state index contributed by atoms with van der Waals surface area (Å²) < 4.78 is 31.4. The predicted octanol–water partition coefficient (Wildman–Crippen LogP) is 4.81. The molecular weight excluding hydrogens is 440 g/mol. The number of aromatic nitrogens is 2. The highest BCUT2D eigenvalue weighted by Crippen LogP contribution is 2.30. The Morgan fingerprint density at radius 1 is 1.18 bits per heavy atom. The number of ether oxygens (including phenoxy) is 1. The maximum atomic E-state index is 13.5. The number of nitrogens with zero attached hydrogens (tertiary/aromatic N) is 3. The van der Waals surface area contributed by atoms with Crippen LogP contribution in [0.3, 0.4) is 0 Å². The number of allylic oxidation sites excluding steroid dienone is 1. The van der Waals surface area contributed by atoms with Crippen molar-refractivity contribution in [2.45, 2.75) is 57.8 Å². The van der Waals surface area contributed by atoms with Crippen LogP contribution in [0.15, 0.2) is 58.4 Å². The van der Waals surface area contributed by atoms with Gasteiger partial charge in [0, 0.05) is 47.2 Å². The van der Waals surface area contributed by atoms with Crippen molar-refractivity contribution in [2.24, 2.45) is 16.8 Å². The molecule has 1 unspecified atom stereocenters. The smallest absolute Gasteiger partial charge is 0.388 e. The van der Waals surface area contributed by atoms with Crippen LogP contribution in [0.2, 0.25) is 0 Å². The highest BCUT2D eigenvalue weighted by Gasteiger charge is 2.24. The molecule has 2 aromatic heterocycles. The van der Waals surface area contributed by atoms with Crippen LogP contribution in [-0.2, 0) is 17.7 Å². The van der Waals surface area contributed by atoms with Gasteiger partial charge in [0.2, 0.25) is 5.88 Å². The second kappa shape index (κ2) is 9.62. The molecule has 0 radical (unpaired) electrons. The van der Waals surface area contributed by atoms with E-state index in [4.69, 9.17) is 0 Å². The zero-order chi connectivity index (χ0) is 23.7. The highest BCUT2D eigenvalue weighted by atomic mass is 19.3. The number of hydrogen-bond donors (Lipinski definition) is 1. The van der Waals surface area contributed by atoms with Crippen LogP contribution in [0, 0.1) is 11.8 Å². The number of benzene rings is 1. The fourth-order valence-electron chi connectivity index (χ4n) is 5.21. The van der Waals surface area contributed by atoms with Crippen LogP contribution in [0.1, 0.15) is 37.7 Å². The van der Waals surface area contributed by atoms with E-state index in [1.165, 1.54) is 0 Å². The fourth-order valence-corrected chi connectivity index (χ4v) is 5.21. The van der Waals surface area contributed by atoms with Crippen molar-refractivity contribution in [3.63, 3.8) is 0 Å². The molecule has 8 heteroatoms. The molecule has 1 saturated carbocycles. The third-order valence-corrected chi connectivity index (χ3v) is 6.93. The van der Waals surface area contributed by atoms with Crippen molar-refractivity contribution in [3.8, 4) is 0 Å². The topological polar surface area (TPSA) is 76.7 Å². The summed E-state index contributed by atoms with van der Waals surface area (Å²) in [4.78, 5) is 22.0. The number of aliphatic hydroxyl groups excluding tert-OH is 1. The first-order valence-electron chi connectivity index (χ1n) is 11.8. The third-order valence-electron chi connectivity index (χ3n) is 6.93. The lowest BCUT2D eigenvalue weighted by molar-refractivity contribution is -0.0972. The van der Waals surface area contributed by atoms with E-state index in [9.17, 15) is 18.7 Å². The standard InChI is InChI=1S/C26H27F2N3O3/c27-26(28)34-23-13-16(7-10-29-23)12-18-14-21-20(24-19(18)5-3-9-30-24)8-11-31(25(21)33)15-17-4-1-2-6-22(17)32/h3,5,8-11,13-14,16-17,22,26,32H,1-2,4,6-7,12,15H2/t16?,17-,22+/m1/s1. The van der Waals surface area contributed by atoms with Gasteiger partial charge in [-0.1, -0.05) is 18.9 Å². The van der Waals surface area contributed by atoms with Crippen LogP contribution in [0.25, 0.3) is 21.7 Å². The van der Waals surface area contributed by atoms with Crippen molar-refractivity contribution in [3.05, 3.63) is 64.5 Å². The van der Waals surface area contributed by atoms with Gasteiger partial charge < -0.3 is 14.4 Å². The van der Waals surface area contributed by atoms with Gasteiger partial charge in [-0.25, -0.2) is 4.99 Å². The summed E-state index contributed by atoms with van der Waals surface area (Å²) in [6.45, 7) is -2.43. The van der Waals surface area contributed by atoms with Crippen molar-refractivity contribution in [1.29, 1.82) is 0 Å². The van der Waals surface area contributed by atoms with Crippen molar-refractivity contribution >= 4 is 27.9 Å². The van der Waals surface area contributed by atoms with Crippen LogP contribution in [0.4, 0.5) is 8.78 Å². The van der Waals surface area contributed by atoms with Crippen LogP contribution in [-0.4, -0.2) is 33.6 Å². The summed E-state index contributed by atoms with van der Waals surface area (Å²) in [5.74, 6) is -0.0971. The average molecular weight is 468 g/mol. The summed E-state index contributed by atoms with van der Waals surface area (Å²) >= 11 is 0. The van der Waals surface area contributed by atoms with Gasteiger partial charge in [0.25, 0.3) is 5.56 Å². The van der Waals surface area contributed by atoms with E-state index in [-0.39, 0.29) is 29.4 Å². The lowest BCUT2D eigenvalue weighted by atomic mass is 9.86. The SMILES string of the molecule is O=c1c2cc(CC3C=C(OC(F)F)N=CC3)c3cccnc3c2ccn1C[C@H]1CCCC[C@@H]1O. The number of aliphatic hydroxyl groups is 1. The van der Waals surface area contributed by atoms with Crippen molar-refractivity contribution < 1.29 is 18.6 Å². The second-order valence-electron chi connectivity index (χ2n) is 9.18. The third kappa shape index (κ3) is 4.59. The Bertz CT molecular complexity index is 1320. The Kier molecular flexibility index (Phi) is 6.41. The maximum Gasteiger partial charge on any atom is 0.388 e. The zero-order valence-electron chi connectivity index (χ0n) is 18.7. The van der Waals surface area contributed by atoms with Crippen molar-refractivity contribution in [1.82, 2.24) is 9.55 Å². The van der Waals surface area contributed by atoms with Gasteiger partial charge in [-0.05, 0) is 61.4 Å². The molecule has 0 bridgehead atoms. The van der Waals surface area contributed by atoms with Crippen LogP contribution < -0.4 is 5.56 Å². The van der Waals surface area contributed by atoms with Gasteiger partial charge in [0.05, 0.1) is 11.6 Å². The summed E-state index contributed by atoms with van der Waals surface area (Å²) in [5.41, 5.74) is 1.57. The molecule has 1 aliphatic heterocycles. The summed E-state index contributed by atoms with van der Waals surface area (Å²) in [7, 11) is 0. The van der Waals surface area contributed by atoms with Crippen LogP contribution >= 0.6 is 0 Å². The molecule has 3 heterocycles. The quantitative estimate of drug-likeness (QED) is 0.528. The van der Waals surface area contributed by atoms with Crippen molar-refractivity contribution in [2.75, 3.05) is 0 Å². The fraction of sp³-hybridized carbons (Fsp3) is 0.423. The minimum Gasteiger partial charge on any atom is -0.417 e. The Labute approximate surface area is 195 Å². The molecular formula is C26H27F2N3O3. The molecule has 2 aliphatic rings. The molecule has 1 N–H and O–H groups in total. The van der Waals surface area contributed by atoms with E-state index in [1.807, 2.05) is 24.3 Å². The number of aliphatic imine (C=N–C) groups is 1. The van der Waals surface area contributed by atoms with Gasteiger partial charge in [-0.2, -0.15) is 8.78 Å². The normalized spacial score (nSPS) is 22.9. The maximum absolute atomic E-state index is 13.5. The van der Waals surface area contributed by atoms with E-state index in [2.05, 4.69) is 14.7 Å². The van der Waals surface area contributed by atoms with E-state index >= 15 is 0 Å². The molecule has 178 valence electrons. The summed E-state index contributed by atoms with van der Waals surface area (Å²) in [5, 5.41) is 12.7. The summed E-state index contributed by atoms with van der Waals surface area (Å²) in [6.07, 6.45) is 11.2. The second-order valence-corrected chi connectivity index (χ2v) is 9.18. The number of rotatable bonds is 6. The van der Waals surface area contributed by atoms with Gasteiger partial charge in [0.1, 0.15) is 0 Å². The van der Waals surface area contributed by atoms with Gasteiger partial charge in [-0.15, -0.1) is 0 Å². The van der Waals surface area contributed by atoms with Crippen LogP contribution in [0.5, 0.6) is 0 Å². The molecule has 1 aromatic carbocycles. The largest absolute Gasteiger partial charge is 0.417 e. The van der Waals surface area contributed by atoms with E-state index in [0.29, 0.717) is 24.8 Å². The minimum atomic E-state index is -2.92. The molecule has 3 aromatic rings. The Hall–Kier alpha value is -3.13. The van der Waals surface area contributed by atoms with Gasteiger partial charge in [-0.3, -0.25) is 9.78 Å². The molecule has 1 aliphatic carbocycles. The number of pyridine rings is 2. The monoisotopic (exact) mass is 467 g/mol. The van der Waals surface area contributed by atoms with Gasteiger partial charge >= 0.3 is 6.61 Å². The molecule has 0 spiro atoms. The zero-order valence-corrected chi connectivity index (χ0v) is 18.7. The van der Waals surface area contributed by atoms with E-state index in [1.54, 1.807) is 29.3 Å². The number of halogens is 2. The Morgan fingerprint density at radius 2 is 2.03 bits per heavy atom. The molecule has 34 heavy (non-hydrogen) atoms. The number of alkyl halides is 2. The molecule has 0 saturated heterocycles. The first-order valence-corrected chi connectivity index (χ1v) is 11.8. The number of hydrogen-bond acceptors (Lipinski definition) is 5. The predicted molar refractivity (Wildman–Crippen MR) is 127 cm³/mol. The van der Waals surface area contributed by atoms with E-state index in [0.717, 1.165) is 47.5 Å².